The maximum atomic E-state index is 11.2. The zero-order valence-electron chi connectivity index (χ0n) is 11.4. The number of carboxylic acid groups (broad SMARTS) is 1. The van der Waals surface area contributed by atoms with Crippen molar-refractivity contribution in [1.82, 2.24) is 5.32 Å². The van der Waals surface area contributed by atoms with Crippen molar-refractivity contribution in [1.29, 1.82) is 0 Å². The third-order valence-electron chi connectivity index (χ3n) is 5.20. The van der Waals surface area contributed by atoms with E-state index in [1.165, 1.54) is 19.8 Å². The van der Waals surface area contributed by atoms with Crippen LogP contribution in [0.2, 0.25) is 0 Å². The second-order valence-corrected chi connectivity index (χ2v) is 6.52. The van der Waals surface area contributed by atoms with E-state index in [1.807, 2.05) is 0 Å². The minimum absolute atomic E-state index is 0.259. The molecule has 4 nitrogen and oxygen atoms in total. The number of hydrogen-bond donors (Lipinski definition) is 2. The van der Waals surface area contributed by atoms with Gasteiger partial charge in [0.05, 0.1) is 0 Å². The molecule has 2 aliphatic rings. The van der Waals surface area contributed by atoms with Gasteiger partial charge in [0.15, 0.2) is 0 Å². The van der Waals surface area contributed by atoms with Crippen LogP contribution >= 0.6 is 0 Å². The van der Waals surface area contributed by atoms with E-state index >= 15 is 0 Å². The van der Waals surface area contributed by atoms with Crippen molar-refractivity contribution in [3.05, 3.63) is 0 Å². The van der Waals surface area contributed by atoms with Crippen LogP contribution in [-0.4, -0.2) is 23.0 Å². The lowest BCUT2D eigenvalue weighted by molar-refractivity contribution is -0.142. The molecule has 18 heavy (non-hydrogen) atoms. The van der Waals surface area contributed by atoms with E-state index in [0.717, 1.165) is 12.3 Å². The normalized spacial score (nSPS) is 34.3. The van der Waals surface area contributed by atoms with Crippen LogP contribution in [0.3, 0.4) is 0 Å². The Hall–Kier alpha value is -1.06. The fraction of sp³-hybridized carbons (Fsp3) is 0.857. The lowest BCUT2D eigenvalue weighted by atomic mass is 9.78. The van der Waals surface area contributed by atoms with Crippen LogP contribution in [0, 0.1) is 23.2 Å². The van der Waals surface area contributed by atoms with Gasteiger partial charge in [0.25, 0.3) is 0 Å². The smallest absolute Gasteiger partial charge is 0.326 e. The standard InChI is InChI=1S/C14H23NO3/c1-8(16)15-12(13(17)18)7-9-6-10-4-5-11(9)14(10,2)3/h9-12H,4-7H2,1-3H3,(H,15,16)(H,17,18)/t9-,10?,11?,12?/m1/s1. The predicted octanol–water partition coefficient (Wildman–Crippen LogP) is 2.04. The van der Waals surface area contributed by atoms with E-state index < -0.39 is 12.0 Å². The summed E-state index contributed by atoms with van der Waals surface area (Å²) in [5.41, 5.74) is 0.351. The fourth-order valence-corrected chi connectivity index (χ4v) is 4.25. The monoisotopic (exact) mass is 253 g/mol. The first kappa shape index (κ1) is 13.4. The zero-order chi connectivity index (χ0) is 13.5. The van der Waals surface area contributed by atoms with Crippen molar-refractivity contribution in [2.24, 2.45) is 23.2 Å². The third kappa shape index (κ3) is 2.25. The molecule has 2 bridgehead atoms. The molecule has 0 aliphatic heterocycles. The second kappa shape index (κ2) is 4.56. The highest BCUT2D eigenvalue weighted by Gasteiger charge is 2.53. The van der Waals surface area contributed by atoms with Gasteiger partial charge in [0.1, 0.15) is 6.04 Å². The number of fused-ring (bicyclic) bond motifs is 2. The number of nitrogens with one attached hydrogen (secondary N) is 1. The topological polar surface area (TPSA) is 66.4 Å². The van der Waals surface area contributed by atoms with Gasteiger partial charge in [-0.2, -0.15) is 0 Å². The van der Waals surface area contributed by atoms with E-state index in [2.05, 4.69) is 19.2 Å². The Morgan fingerprint density at radius 3 is 2.44 bits per heavy atom. The Morgan fingerprint density at radius 1 is 1.39 bits per heavy atom. The first-order valence-corrected chi connectivity index (χ1v) is 6.82. The van der Waals surface area contributed by atoms with Crippen LogP contribution in [0.15, 0.2) is 0 Å². The molecule has 0 aromatic heterocycles. The van der Waals surface area contributed by atoms with Crippen LogP contribution in [0.4, 0.5) is 0 Å². The largest absolute Gasteiger partial charge is 0.480 e. The Morgan fingerprint density at radius 2 is 2.06 bits per heavy atom. The lowest BCUT2D eigenvalue weighted by Gasteiger charge is -2.28. The summed E-state index contributed by atoms with van der Waals surface area (Å²) < 4.78 is 0. The second-order valence-electron chi connectivity index (χ2n) is 6.52. The highest BCUT2D eigenvalue weighted by molar-refractivity contribution is 5.82. The molecular weight excluding hydrogens is 230 g/mol. The van der Waals surface area contributed by atoms with Gasteiger partial charge < -0.3 is 10.4 Å². The average Bonchev–Trinajstić information content (AvgIpc) is 2.65. The van der Waals surface area contributed by atoms with Gasteiger partial charge in [0, 0.05) is 6.92 Å². The molecule has 2 saturated carbocycles. The molecule has 0 heterocycles. The van der Waals surface area contributed by atoms with Crippen molar-refractivity contribution in [2.75, 3.05) is 0 Å². The molecule has 0 spiro atoms. The van der Waals surface area contributed by atoms with Gasteiger partial charge in [0.2, 0.25) is 5.91 Å². The van der Waals surface area contributed by atoms with E-state index in [1.54, 1.807) is 0 Å². The number of hydrogen-bond acceptors (Lipinski definition) is 2. The van der Waals surface area contributed by atoms with E-state index in [9.17, 15) is 9.59 Å². The number of carboxylic acids is 1. The number of aliphatic carboxylic acids is 1. The minimum atomic E-state index is -0.911. The molecular formula is C14H23NO3. The summed E-state index contributed by atoms with van der Waals surface area (Å²) >= 11 is 0. The van der Waals surface area contributed by atoms with Gasteiger partial charge >= 0.3 is 5.97 Å². The molecule has 2 aliphatic carbocycles. The third-order valence-corrected chi connectivity index (χ3v) is 5.20. The lowest BCUT2D eigenvalue weighted by Crippen LogP contribution is -2.41. The predicted molar refractivity (Wildman–Crippen MR) is 68.0 cm³/mol. The summed E-state index contributed by atoms with van der Waals surface area (Å²) in [6.45, 7) is 5.99. The molecule has 1 amide bonds. The SMILES string of the molecule is CC(=O)NC(C[C@H]1CC2CCC1C2(C)C)C(=O)O. The van der Waals surface area contributed by atoms with Crippen LogP contribution in [-0.2, 0) is 9.59 Å². The van der Waals surface area contributed by atoms with Crippen molar-refractivity contribution >= 4 is 11.9 Å². The van der Waals surface area contributed by atoms with Crippen LogP contribution in [0.25, 0.3) is 0 Å². The molecule has 0 radical (unpaired) electrons. The number of rotatable bonds is 4. The summed E-state index contributed by atoms with van der Waals surface area (Å²) in [4.78, 5) is 22.2. The van der Waals surface area contributed by atoms with Crippen LogP contribution in [0.5, 0.6) is 0 Å². The van der Waals surface area contributed by atoms with Crippen molar-refractivity contribution < 1.29 is 14.7 Å². The van der Waals surface area contributed by atoms with Gasteiger partial charge in [-0.15, -0.1) is 0 Å². The molecule has 0 aromatic rings. The van der Waals surface area contributed by atoms with Gasteiger partial charge in [-0.1, -0.05) is 13.8 Å². The maximum absolute atomic E-state index is 11.2. The van der Waals surface area contributed by atoms with Crippen LogP contribution in [0.1, 0.15) is 46.5 Å². The highest BCUT2D eigenvalue weighted by atomic mass is 16.4. The molecule has 2 fully saturated rings. The fourth-order valence-electron chi connectivity index (χ4n) is 4.25. The molecule has 102 valence electrons. The average molecular weight is 253 g/mol. The maximum Gasteiger partial charge on any atom is 0.326 e. The summed E-state index contributed by atoms with van der Waals surface area (Å²) in [5, 5.41) is 11.7. The summed E-state index contributed by atoms with van der Waals surface area (Å²) in [7, 11) is 0. The Labute approximate surface area is 108 Å². The number of carbonyl (C=O) groups is 2. The molecule has 3 unspecified atom stereocenters. The van der Waals surface area contributed by atoms with E-state index in [4.69, 9.17) is 5.11 Å². The quantitative estimate of drug-likeness (QED) is 0.805. The highest BCUT2D eigenvalue weighted by Crippen LogP contribution is 2.61. The summed E-state index contributed by atoms with van der Waals surface area (Å²) in [6.07, 6.45) is 4.21. The first-order valence-electron chi connectivity index (χ1n) is 6.82. The molecule has 0 saturated heterocycles. The molecule has 4 atom stereocenters. The molecule has 2 rings (SSSR count). The van der Waals surface area contributed by atoms with E-state index in [-0.39, 0.29) is 5.91 Å². The minimum Gasteiger partial charge on any atom is -0.480 e. The van der Waals surface area contributed by atoms with Gasteiger partial charge in [-0.25, -0.2) is 4.79 Å². The zero-order valence-corrected chi connectivity index (χ0v) is 11.4. The Kier molecular flexibility index (Phi) is 3.39. The van der Waals surface area contributed by atoms with Gasteiger partial charge in [-0.05, 0) is 48.9 Å². The number of carbonyl (C=O) groups excluding carboxylic acids is 1. The number of amides is 1. The molecule has 2 N–H and O–H groups in total. The van der Waals surface area contributed by atoms with Gasteiger partial charge in [-0.3, -0.25) is 4.79 Å². The molecule has 0 aromatic carbocycles. The summed E-state index contributed by atoms with van der Waals surface area (Å²) in [6, 6.07) is -0.720. The first-order chi connectivity index (χ1) is 8.32. The van der Waals surface area contributed by atoms with E-state index in [0.29, 0.717) is 23.7 Å². The molecule has 4 heteroatoms. The summed E-state index contributed by atoms with van der Waals surface area (Å²) in [5.74, 6) is 0.639. The van der Waals surface area contributed by atoms with Crippen molar-refractivity contribution in [2.45, 2.75) is 52.5 Å². The van der Waals surface area contributed by atoms with Crippen molar-refractivity contribution in [3.63, 3.8) is 0 Å². The Bertz CT molecular complexity index is 364. The van der Waals surface area contributed by atoms with Crippen molar-refractivity contribution in [3.8, 4) is 0 Å². The van der Waals surface area contributed by atoms with Crippen LogP contribution < -0.4 is 5.32 Å². The Balaban J connectivity index is 2.01.